The standard InChI is InChI=1S/C17H28N6O2/c1-25-10-6-18-17(24)21-14-5-4-9-23(12-14)16-11-15(19-13-20-16)22-7-2-3-8-22/h11,13-14H,2-10,12H2,1H3,(H2,18,21,24)/t14-/m1/s1. The van der Waals surface area contributed by atoms with Crippen LogP contribution < -0.4 is 20.4 Å². The van der Waals surface area contributed by atoms with E-state index in [0.29, 0.717) is 13.2 Å². The molecule has 2 aliphatic heterocycles. The van der Waals surface area contributed by atoms with Gasteiger partial charge in [-0.05, 0) is 25.7 Å². The molecule has 2 saturated heterocycles. The van der Waals surface area contributed by atoms with Crippen LogP contribution in [-0.2, 0) is 4.74 Å². The Hall–Kier alpha value is -2.09. The van der Waals surface area contributed by atoms with Crippen LogP contribution >= 0.6 is 0 Å². The van der Waals surface area contributed by atoms with Crippen molar-refractivity contribution in [3.63, 3.8) is 0 Å². The zero-order valence-electron chi connectivity index (χ0n) is 14.9. The number of nitrogens with zero attached hydrogens (tertiary/aromatic N) is 4. The summed E-state index contributed by atoms with van der Waals surface area (Å²) >= 11 is 0. The third kappa shape index (κ3) is 4.94. The largest absolute Gasteiger partial charge is 0.383 e. The SMILES string of the molecule is COCCNC(=O)N[C@@H]1CCCN(c2cc(N3CCCC3)ncn2)C1. The third-order valence-corrected chi connectivity index (χ3v) is 4.74. The second-order valence-corrected chi connectivity index (χ2v) is 6.61. The number of hydrogen-bond acceptors (Lipinski definition) is 6. The molecule has 0 unspecified atom stereocenters. The average molecular weight is 348 g/mol. The molecule has 0 radical (unpaired) electrons. The van der Waals surface area contributed by atoms with Gasteiger partial charge in [-0.3, -0.25) is 0 Å². The molecule has 0 aliphatic carbocycles. The van der Waals surface area contributed by atoms with E-state index in [1.54, 1.807) is 13.4 Å². The summed E-state index contributed by atoms with van der Waals surface area (Å²) in [5.41, 5.74) is 0. The number of ether oxygens (including phenoxy) is 1. The molecule has 1 aromatic rings. The molecule has 0 saturated carbocycles. The topological polar surface area (TPSA) is 82.6 Å². The fourth-order valence-corrected chi connectivity index (χ4v) is 3.44. The average Bonchev–Trinajstić information content (AvgIpc) is 3.17. The van der Waals surface area contributed by atoms with Crippen LogP contribution in [0, 0.1) is 0 Å². The summed E-state index contributed by atoms with van der Waals surface area (Å²) in [5.74, 6) is 1.96. The van der Waals surface area contributed by atoms with E-state index in [1.165, 1.54) is 12.8 Å². The van der Waals surface area contributed by atoms with Gasteiger partial charge in [-0.1, -0.05) is 0 Å². The molecule has 0 spiro atoms. The summed E-state index contributed by atoms with van der Waals surface area (Å²) in [7, 11) is 1.62. The number of urea groups is 1. The second kappa shape index (κ2) is 8.84. The Balaban J connectivity index is 1.55. The maximum absolute atomic E-state index is 11.9. The third-order valence-electron chi connectivity index (χ3n) is 4.74. The Labute approximate surface area is 148 Å². The Bertz CT molecular complexity index is 564. The van der Waals surface area contributed by atoms with Gasteiger partial charge in [-0.2, -0.15) is 0 Å². The van der Waals surface area contributed by atoms with Crippen molar-refractivity contribution in [3.8, 4) is 0 Å². The Morgan fingerprint density at radius 2 is 1.92 bits per heavy atom. The highest BCUT2D eigenvalue weighted by Gasteiger charge is 2.23. The van der Waals surface area contributed by atoms with Crippen molar-refractivity contribution in [1.82, 2.24) is 20.6 Å². The molecule has 0 aromatic carbocycles. The van der Waals surface area contributed by atoms with Gasteiger partial charge in [0.1, 0.15) is 18.0 Å². The summed E-state index contributed by atoms with van der Waals surface area (Å²) in [6.07, 6.45) is 6.13. The monoisotopic (exact) mass is 348 g/mol. The Morgan fingerprint density at radius 3 is 2.68 bits per heavy atom. The van der Waals surface area contributed by atoms with Gasteiger partial charge in [0.2, 0.25) is 0 Å². The predicted molar refractivity (Wildman–Crippen MR) is 97.1 cm³/mol. The molecule has 1 atom stereocenters. The van der Waals surface area contributed by atoms with E-state index in [9.17, 15) is 4.79 Å². The van der Waals surface area contributed by atoms with E-state index in [-0.39, 0.29) is 12.1 Å². The summed E-state index contributed by atoms with van der Waals surface area (Å²) in [5, 5.41) is 5.85. The maximum atomic E-state index is 11.9. The Morgan fingerprint density at radius 1 is 1.20 bits per heavy atom. The lowest BCUT2D eigenvalue weighted by Crippen LogP contribution is -2.51. The molecule has 25 heavy (non-hydrogen) atoms. The highest BCUT2D eigenvalue weighted by atomic mass is 16.5. The summed E-state index contributed by atoms with van der Waals surface area (Å²) in [4.78, 5) is 25.4. The second-order valence-electron chi connectivity index (χ2n) is 6.61. The van der Waals surface area contributed by atoms with E-state index in [2.05, 4.69) is 36.5 Å². The van der Waals surface area contributed by atoms with Gasteiger partial charge >= 0.3 is 6.03 Å². The van der Waals surface area contributed by atoms with Crippen molar-refractivity contribution in [1.29, 1.82) is 0 Å². The molecule has 2 N–H and O–H groups in total. The number of piperidine rings is 1. The number of methoxy groups -OCH3 is 1. The van der Waals surface area contributed by atoms with Crippen molar-refractivity contribution in [2.45, 2.75) is 31.7 Å². The van der Waals surface area contributed by atoms with Crippen LogP contribution in [0.2, 0.25) is 0 Å². The molecule has 8 nitrogen and oxygen atoms in total. The molecule has 0 bridgehead atoms. The zero-order valence-corrected chi connectivity index (χ0v) is 14.9. The Kier molecular flexibility index (Phi) is 6.27. The van der Waals surface area contributed by atoms with Crippen molar-refractivity contribution >= 4 is 17.7 Å². The molecule has 1 aromatic heterocycles. The van der Waals surface area contributed by atoms with Crippen LogP contribution in [0.4, 0.5) is 16.4 Å². The summed E-state index contributed by atoms with van der Waals surface area (Å²) < 4.78 is 4.94. The minimum atomic E-state index is -0.135. The molecule has 138 valence electrons. The summed E-state index contributed by atoms with van der Waals surface area (Å²) in [6.45, 7) is 4.91. The number of hydrogen-bond donors (Lipinski definition) is 2. The zero-order chi connectivity index (χ0) is 17.5. The number of carbonyl (C=O) groups is 1. The maximum Gasteiger partial charge on any atom is 0.315 e. The van der Waals surface area contributed by atoms with Crippen molar-refractivity contribution < 1.29 is 9.53 Å². The van der Waals surface area contributed by atoms with Crippen molar-refractivity contribution in [2.75, 3.05) is 56.2 Å². The number of carbonyl (C=O) groups excluding carboxylic acids is 1. The molecule has 2 amide bonds. The first-order chi connectivity index (χ1) is 12.3. The number of amides is 2. The van der Waals surface area contributed by atoms with Crippen molar-refractivity contribution in [2.24, 2.45) is 0 Å². The number of nitrogens with one attached hydrogen (secondary N) is 2. The fraction of sp³-hybridized carbons (Fsp3) is 0.706. The first-order valence-corrected chi connectivity index (χ1v) is 9.11. The first-order valence-electron chi connectivity index (χ1n) is 9.11. The highest BCUT2D eigenvalue weighted by Crippen LogP contribution is 2.23. The summed E-state index contributed by atoms with van der Waals surface area (Å²) in [6, 6.07) is 2.07. The van der Waals surface area contributed by atoms with Gasteiger partial charge in [0.25, 0.3) is 0 Å². The van der Waals surface area contributed by atoms with Crippen LogP contribution in [0.5, 0.6) is 0 Å². The van der Waals surface area contributed by atoms with Crippen LogP contribution in [0.3, 0.4) is 0 Å². The lowest BCUT2D eigenvalue weighted by Gasteiger charge is -2.34. The number of anilines is 2. The lowest BCUT2D eigenvalue weighted by molar-refractivity contribution is 0.194. The molecule has 2 aliphatic rings. The molecular weight excluding hydrogens is 320 g/mol. The first kappa shape index (κ1) is 17.7. The highest BCUT2D eigenvalue weighted by molar-refractivity contribution is 5.74. The van der Waals surface area contributed by atoms with E-state index in [0.717, 1.165) is 50.7 Å². The van der Waals surface area contributed by atoms with Gasteiger partial charge in [0.15, 0.2) is 0 Å². The van der Waals surface area contributed by atoms with Gasteiger partial charge < -0.3 is 25.2 Å². The molecule has 3 rings (SSSR count). The van der Waals surface area contributed by atoms with Crippen LogP contribution in [-0.4, -0.2) is 68.5 Å². The van der Waals surface area contributed by atoms with Crippen molar-refractivity contribution in [3.05, 3.63) is 12.4 Å². The van der Waals surface area contributed by atoms with Crippen LogP contribution in [0.25, 0.3) is 0 Å². The van der Waals surface area contributed by atoms with E-state index >= 15 is 0 Å². The van der Waals surface area contributed by atoms with E-state index in [1.807, 2.05) is 0 Å². The fourth-order valence-electron chi connectivity index (χ4n) is 3.44. The van der Waals surface area contributed by atoms with Gasteiger partial charge in [0, 0.05) is 51.9 Å². The molecule has 2 fully saturated rings. The minimum absolute atomic E-state index is 0.126. The van der Waals surface area contributed by atoms with Crippen LogP contribution in [0.1, 0.15) is 25.7 Å². The minimum Gasteiger partial charge on any atom is -0.383 e. The van der Waals surface area contributed by atoms with Gasteiger partial charge in [-0.25, -0.2) is 14.8 Å². The smallest absolute Gasteiger partial charge is 0.315 e. The number of rotatable bonds is 6. The van der Waals surface area contributed by atoms with Gasteiger partial charge in [-0.15, -0.1) is 0 Å². The van der Waals surface area contributed by atoms with E-state index in [4.69, 9.17) is 4.74 Å². The molecule has 8 heteroatoms. The van der Waals surface area contributed by atoms with Crippen LogP contribution in [0.15, 0.2) is 12.4 Å². The molecule has 3 heterocycles. The quantitative estimate of drug-likeness (QED) is 0.746. The normalized spacial score (nSPS) is 20.6. The lowest BCUT2D eigenvalue weighted by atomic mass is 10.1. The molecular formula is C17H28N6O2. The van der Waals surface area contributed by atoms with E-state index < -0.39 is 0 Å². The number of aromatic nitrogens is 2. The predicted octanol–water partition coefficient (Wildman–Crippen LogP) is 0.991. The van der Waals surface area contributed by atoms with Gasteiger partial charge in [0.05, 0.1) is 6.61 Å².